The number of nitrogens with zero attached hydrogens (tertiary/aromatic N) is 2. The van der Waals surface area contributed by atoms with Crippen LogP contribution in [0.2, 0.25) is 0 Å². The van der Waals surface area contributed by atoms with E-state index in [4.69, 9.17) is 0 Å². The van der Waals surface area contributed by atoms with Crippen LogP contribution in [0.1, 0.15) is 46.4 Å². The monoisotopic (exact) mass is 310 g/mol. The Morgan fingerprint density at radius 1 is 1.13 bits per heavy atom. The molecule has 118 valence electrons. The Morgan fingerprint density at radius 2 is 1.83 bits per heavy atom. The van der Waals surface area contributed by atoms with Gasteiger partial charge in [0.15, 0.2) is 5.78 Å². The highest BCUT2D eigenvalue weighted by atomic mass is 16.2. The van der Waals surface area contributed by atoms with Crippen LogP contribution in [-0.2, 0) is 0 Å². The van der Waals surface area contributed by atoms with E-state index in [-0.39, 0.29) is 11.7 Å². The molecule has 0 bridgehead atoms. The number of benzene rings is 1. The van der Waals surface area contributed by atoms with Crippen molar-refractivity contribution in [3.05, 3.63) is 47.4 Å². The lowest BCUT2D eigenvalue weighted by molar-refractivity contribution is 0.101. The molecule has 3 rings (SSSR count). The first-order valence-electron chi connectivity index (χ1n) is 7.56. The highest BCUT2D eigenvalue weighted by Crippen LogP contribution is 2.24. The third-order valence-electron chi connectivity index (χ3n) is 3.55. The maximum absolute atomic E-state index is 12.3. The van der Waals surface area contributed by atoms with Crippen molar-refractivity contribution in [2.24, 2.45) is 0 Å². The second-order valence-electron chi connectivity index (χ2n) is 5.69. The number of aryl methyl sites for hydroxylation is 1. The molecule has 1 heterocycles. The Labute approximate surface area is 134 Å². The van der Waals surface area contributed by atoms with Gasteiger partial charge < -0.3 is 10.6 Å². The predicted octanol–water partition coefficient (Wildman–Crippen LogP) is 2.81. The van der Waals surface area contributed by atoms with Crippen LogP contribution in [0.4, 0.5) is 11.5 Å². The SMILES string of the molecule is CC(=O)c1ccc(NC(=O)c2cc(NC3CC3)nc(C)n2)cc1. The first-order chi connectivity index (χ1) is 11.0. The van der Waals surface area contributed by atoms with Crippen LogP contribution in [-0.4, -0.2) is 27.7 Å². The fourth-order valence-corrected chi connectivity index (χ4v) is 2.18. The summed E-state index contributed by atoms with van der Waals surface area (Å²) < 4.78 is 0. The maximum atomic E-state index is 12.3. The third kappa shape index (κ3) is 3.91. The number of hydrogen-bond donors (Lipinski definition) is 2. The Morgan fingerprint density at radius 3 is 2.43 bits per heavy atom. The summed E-state index contributed by atoms with van der Waals surface area (Å²) in [5.74, 6) is 0.917. The molecule has 6 heteroatoms. The summed E-state index contributed by atoms with van der Waals surface area (Å²) in [5, 5.41) is 6.05. The average Bonchev–Trinajstić information content (AvgIpc) is 3.31. The minimum atomic E-state index is -0.301. The van der Waals surface area contributed by atoms with Crippen LogP contribution >= 0.6 is 0 Å². The van der Waals surface area contributed by atoms with Crippen LogP contribution < -0.4 is 10.6 Å². The van der Waals surface area contributed by atoms with Crippen molar-refractivity contribution in [1.29, 1.82) is 0 Å². The number of anilines is 2. The first-order valence-corrected chi connectivity index (χ1v) is 7.56. The van der Waals surface area contributed by atoms with Gasteiger partial charge in [-0.15, -0.1) is 0 Å². The van der Waals surface area contributed by atoms with Gasteiger partial charge in [-0.3, -0.25) is 9.59 Å². The quantitative estimate of drug-likeness (QED) is 0.830. The summed E-state index contributed by atoms with van der Waals surface area (Å²) in [7, 11) is 0. The number of ketones is 1. The number of rotatable bonds is 5. The van der Waals surface area contributed by atoms with Crippen LogP contribution in [0, 0.1) is 6.92 Å². The van der Waals surface area contributed by atoms with Gasteiger partial charge in [0, 0.05) is 23.4 Å². The lowest BCUT2D eigenvalue weighted by atomic mass is 10.1. The lowest BCUT2D eigenvalue weighted by Crippen LogP contribution is -2.16. The van der Waals surface area contributed by atoms with Crippen molar-refractivity contribution in [2.75, 3.05) is 10.6 Å². The fraction of sp³-hybridized carbons (Fsp3) is 0.294. The molecular weight excluding hydrogens is 292 g/mol. The molecule has 1 aromatic carbocycles. The van der Waals surface area contributed by atoms with Crippen molar-refractivity contribution in [1.82, 2.24) is 9.97 Å². The molecule has 2 aromatic rings. The van der Waals surface area contributed by atoms with Gasteiger partial charge in [0.2, 0.25) is 0 Å². The number of aromatic nitrogens is 2. The van der Waals surface area contributed by atoms with Crippen molar-refractivity contribution >= 4 is 23.2 Å². The van der Waals surface area contributed by atoms with Crippen molar-refractivity contribution in [3.63, 3.8) is 0 Å². The van der Waals surface area contributed by atoms with E-state index in [0.717, 1.165) is 12.8 Å². The summed E-state index contributed by atoms with van der Waals surface area (Å²) in [4.78, 5) is 32.1. The highest BCUT2D eigenvalue weighted by molar-refractivity contribution is 6.03. The summed E-state index contributed by atoms with van der Waals surface area (Å²) in [5.41, 5.74) is 1.54. The number of carbonyl (C=O) groups excluding carboxylic acids is 2. The molecule has 0 radical (unpaired) electrons. The highest BCUT2D eigenvalue weighted by Gasteiger charge is 2.22. The fourth-order valence-electron chi connectivity index (χ4n) is 2.18. The topological polar surface area (TPSA) is 84.0 Å². The van der Waals surface area contributed by atoms with Crippen LogP contribution in [0.5, 0.6) is 0 Å². The van der Waals surface area contributed by atoms with E-state index in [1.807, 2.05) is 0 Å². The first kappa shape index (κ1) is 15.1. The minimum Gasteiger partial charge on any atom is -0.367 e. The molecule has 0 spiro atoms. The Hall–Kier alpha value is -2.76. The second-order valence-corrected chi connectivity index (χ2v) is 5.69. The molecular formula is C17H18N4O2. The average molecular weight is 310 g/mol. The van der Waals surface area contributed by atoms with Gasteiger partial charge in [-0.25, -0.2) is 9.97 Å². The summed E-state index contributed by atoms with van der Waals surface area (Å²) in [6, 6.07) is 8.88. The van der Waals surface area contributed by atoms with E-state index in [0.29, 0.717) is 34.6 Å². The predicted molar refractivity (Wildman–Crippen MR) is 87.8 cm³/mol. The van der Waals surface area contributed by atoms with Gasteiger partial charge in [0.25, 0.3) is 5.91 Å². The molecule has 1 aliphatic rings. The molecule has 1 saturated carbocycles. The molecule has 0 unspecified atom stereocenters. The number of amides is 1. The number of Topliss-reactive ketones (excluding diaryl/α,β-unsaturated/α-hetero) is 1. The molecule has 0 atom stereocenters. The largest absolute Gasteiger partial charge is 0.367 e. The zero-order valence-corrected chi connectivity index (χ0v) is 13.1. The summed E-state index contributed by atoms with van der Waals surface area (Å²) >= 11 is 0. The molecule has 2 N–H and O–H groups in total. The van der Waals surface area contributed by atoms with Gasteiger partial charge in [-0.1, -0.05) is 0 Å². The lowest BCUT2D eigenvalue weighted by Gasteiger charge is -2.09. The van der Waals surface area contributed by atoms with E-state index >= 15 is 0 Å². The summed E-state index contributed by atoms with van der Waals surface area (Å²) in [6.45, 7) is 3.27. The van der Waals surface area contributed by atoms with E-state index in [1.165, 1.54) is 6.92 Å². The zero-order chi connectivity index (χ0) is 16.4. The van der Waals surface area contributed by atoms with Gasteiger partial charge in [-0.2, -0.15) is 0 Å². The van der Waals surface area contributed by atoms with E-state index in [9.17, 15) is 9.59 Å². The molecule has 1 amide bonds. The van der Waals surface area contributed by atoms with Gasteiger partial charge in [-0.05, 0) is 51.0 Å². The van der Waals surface area contributed by atoms with Crippen LogP contribution in [0.15, 0.2) is 30.3 Å². The zero-order valence-electron chi connectivity index (χ0n) is 13.1. The van der Waals surface area contributed by atoms with Gasteiger partial charge in [0.05, 0.1) is 0 Å². The number of nitrogens with one attached hydrogen (secondary N) is 2. The summed E-state index contributed by atoms with van der Waals surface area (Å²) in [6.07, 6.45) is 2.26. The normalized spacial score (nSPS) is 13.5. The Bertz CT molecular complexity index is 752. The van der Waals surface area contributed by atoms with Crippen LogP contribution in [0.3, 0.4) is 0 Å². The number of carbonyl (C=O) groups is 2. The molecule has 23 heavy (non-hydrogen) atoms. The maximum Gasteiger partial charge on any atom is 0.274 e. The Kier molecular flexibility index (Phi) is 4.06. The molecule has 6 nitrogen and oxygen atoms in total. The Balaban J connectivity index is 1.74. The molecule has 1 aliphatic carbocycles. The van der Waals surface area contributed by atoms with Crippen molar-refractivity contribution in [3.8, 4) is 0 Å². The van der Waals surface area contributed by atoms with Crippen molar-refractivity contribution in [2.45, 2.75) is 32.7 Å². The smallest absolute Gasteiger partial charge is 0.274 e. The third-order valence-corrected chi connectivity index (χ3v) is 3.55. The minimum absolute atomic E-state index is 0.00917. The van der Waals surface area contributed by atoms with Gasteiger partial charge in [0.1, 0.15) is 17.3 Å². The van der Waals surface area contributed by atoms with E-state index in [2.05, 4.69) is 20.6 Å². The number of hydrogen-bond acceptors (Lipinski definition) is 5. The second kappa shape index (κ2) is 6.16. The standard InChI is InChI=1S/C17H18N4O2/c1-10(22)12-3-5-14(6-4-12)21-17(23)15-9-16(19-11(2)18-15)20-13-7-8-13/h3-6,9,13H,7-8H2,1-2H3,(H,21,23)(H,18,19,20). The van der Waals surface area contributed by atoms with Gasteiger partial charge >= 0.3 is 0 Å². The van der Waals surface area contributed by atoms with Crippen molar-refractivity contribution < 1.29 is 9.59 Å². The van der Waals surface area contributed by atoms with E-state index < -0.39 is 0 Å². The molecule has 0 saturated heterocycles. The van der Waals surface area contributed by atoms with E-state index in [1.54, 1.807) is 37.3 Å². The van der Waals surface area contributed by atoms with Crippen LogP contribution in [0.25, 0.3) is 0 Å². The molecule has 1 aromatic heterocycles. The molecule has 0 aliphatic heterocycles. The molecule has 1 fully saturated rings.